The van der Waals surface area contributed by atoms with Gasteiger partial charge in [0, 0.05) is 5.39 Å². The van der Waals surface area contributed by atoms with Crippen LogP contribution in [0.4, 0.5) is 0 Å². The van der Waals surface area contributed by atoms with Gasteiger partial charge in [0.15, 0.2) is 0 Å². The van der Waals surface area contributed by atoms with Gasteiger partial charge in [-0.1, -0.05) is 79.4 Å². The predicted octanol–water partition coefficient (Wildman–Crippen LogP) is 4.88. The smallest absolute Gasteiger partial charge is 0.123 e. The summed E-state index contributed by atoms with van der Waals surface area (Å²) in [5.74, 6) is 0.350. The zero-order valence-electron chi connectivity index (χ0n) is 10.7. The van der Waals surface area contributed by atoms with Crippen LogP contribution in [0, 0.1) is 0 Å². The Balaban J connectivity index is 0.000000148. The molecule has 0 saturated heterocycles. The lowest BCUT2D eigenvalue weighted by molar-refractivity contribution is 0.481. The molecule has 0 aromatic heterocycles. The van der Waals surface area contributed by atoms with Gasteiger partial charge < -0.3 is 5.11 Å². The average molecular weight is 248 g/mol. The summed E-state index contributed by atoms with van der Waals surface area (Å²) in [6, 6.07) is 23.3. The Morgan fingerprint density at radius 1 is 0.737 bits per heavy atom. The van der Waals surface area contributed by atoms with E-state index in [2.05, 4.69) is 6.58 Å². The van der Waals surface area contributed by atoms with Crippen molar-refractivity contribution >= 4 is 16.8 Å². The van der Waals surface area contributed by atoms with Crippen molar-refractivity contribution in [2.24, 2.45) is 0 Å². The van der Waals surface area contributed by atoms with Crippen LogP contribution in [-0.4, -0.2) is 5.11 Å². The van der Waals surface area contributed by atoms with E-state index in [0.717, 1.165) is 10.8 Å². The molecule has 94 valence electrons. The van der Waals surface area contributed by atoms with Gasteiger partial charge >= 0.3 is 0 Å². The molecule has 0 aliphatic carbocycles. The molecule has 0 radical (unpaired) electrons. The molecule has 0 amide bonds. The zero-order valence-corrected chi connectivity index (χ0v) is 10.7. The highest BCUT2D eigenvalue weighted by molar-refractivity contribution is 5.87. The number of aromatic hydroxyl groups is 1. The van der Waals surface area contributed by atoms with Gasteiger partial charge in [0.05, 0.1) is 0 Å². The lowest BCUT2D eigenvalue weighted by atomic mass is 10.1. The summed E-state index contributed by atoms with van der Waals surface area (Å²) < 4.78 is 0. The van der Waals surface area contributed by atoms with Crippen LogP contribution in [0.5, 0.6) is 5.75 Å². The van der Waals surface area contributed by atoms with Crippen LogP contribution in [-0.2, 0) is 0 Å². The summed E-state index contributed by atoms with van der Waals surface area (Å²) in [5.41, 5.74) is 1.17. The van der Waals surface area contributed by atoms with Crippen LogP contribution in [0.25, 0.3) is 16.8 Å². The molecule has 0 fully saturated rings. The maximum absolute atomic E-state index is 9.37. The minimum atomic E-state index is 0.350. The van der Waals surface area contributed by atoms with Crippen molar-refractivity contribution in [2.75, 3.05) is 0 Å². The van der Waals surface area contributed by atoms with Crippen LogP contribution in [0.1, 0.15) is 5.56 Å². The van der Waals surface area contributed by atoms with Gasteiger partial charge in [-0.2, -0.15) is 0 Å². The molecule has 1 nitrogen and oxygen atoms in total. The Labute approximate surface area is 113 Å². The summed E-state index contributed by atoms with van der Waals surface area (Å²) in [6.07, 6.45) is 1.83. The molecule has 0 saturated carbocycles. The van der Waals surface area contributed by atoms with Crippen molar-refractivity contribution in [3.8, 4) is 5.75 Å². The number of benzene rings is 3. The monoisotopic (exact) mass is 248 g/mol. The van der Waals surface area contributed by atoms with Gasteiger partial charge in [-0.25, -0.2) is 0 Å². The molecule has 3 aromatic rings. The highest BCUT2D eigenvalue weighted by Crippen LogP contribution is 2.22. The first-order valence-electron chi connectivity index (χ1n) is 6.15. The molecule has 19 heavy (non-hydrogen) atoms. The molecule has 0 spiro atoms. The number of fused-ring (bicyclic) bond motifs is 1. The number of rotatable bonds is 1. The zero-order chi connectivity index (χ0) is 13.5. The third kappa shape index (κ3) is 3.46. The Morgan fingerprint density at radius 2 is 1.37 bits per heavy atom. The van der Waals surface area contributed by atoms with Crippen molar-refractivity contribution < 1.29 is 5.11 Å². The van der Waals surface area contributed by atoms with E-state index in [0.29, 0.717) is 5.75 Å². The number of phenols is 1. The minimum Gasteiger partial charge on any atom is -0.507 e. The van der Waals surface area contributed by atoms with Crippen molar-refractivity contribution in [3.63, 3.8) is 0 Å². The first kappa shape index (κ1) is 12.9. The maximum atomic E-state index is 9.37. The molecular formula is C18H16O. The van der Waals surface area contributed by atoms with Gasteiger partial charge in [-0.3, -0.25) is 0 Å². The summed E-state index contributed by atoms with van der Waals surface area (Å²) >= 11 is 0. The normalized spacial score (nSPS) is 9.47. The first-order valence-corrected chi connectivity index (χ1v) is 6.15. The van der Waals surface area contributed by atoms with Crippen LogP contribution in [0.3, 0.4) is 0 Å². The van der Waals surface area contributed by atoms with Crippen molar-refractivity contribution in [1.29, 1.82) is 0 Å². The summed E-state index contributed by atoms with van der Waals surface area (Å²) in [7, 11) is 0. The van der Waals surface area contributed by atoms with Gasteiger partial charge in [-0.05, 0) is 17.0 Å². The Morgan fingerprint density at radius 3 is 2.00 bits per heavy atom. The maximum Gasteiger partial charge on any atom is 0.123 e. The molecule has 0 unspecified atom stereocenters. The van der Waals surface area contributed by atoms with E-state index in [1.165, 1.54) is 5.56 Å². The highest BCUT2D eigenvalue weighted by atomic mass is 16.3. The fourth-order valence-electron chi connectivity index (χ4n) is 1.80. The van der Waals surface area contributed by atoms with E-state index >= 15 is 0 Å². The van der Waals surface area contributed by atoms with Gasteiger partial charge in [0.25, 0.3) is 0 Å². The van der Waals surface area contributed by atoms with Crippen LogP contribution in [0.2, 0.25) is 0 Å². The molecule has 1 heteroatoms. The Bertz CT molecular complexity index is 651. The molecule has 0 heterocycles. The van der Waals surface area contributed by atoms with E-state index in [4.69, 9.17) is 0 Å². The van der Waals surface area contributed by atoms with E-state index in [1.54, 1.807) is 6.07 Å². The van der Waals surface area contributed by atoms with E-state index in [9.17, 15) is 5.11 Å². The molecule has 0 atom stereocenters. The highest BCUT2D eigenvalue weighted by Gasteiger charge is 1.94. The van der Waals surface area contributed by atoms with Crippen LogP contribution in [0.15, 0.2) is 79.4 Å². The van der Waals surface area contributed by atoms with E-state index in [-0.39, 0.29) is 0 Å². The van der Waals surface area contributed by atoms with Crippen molar-refractivity contribution in [3.05, 3.63) is 84.9 Å². The summed E-state index contributed by atoms with van der Waals surface area (Å²) in [4.78, 5) is 0. The van der Waals surface area contributed by atoms with Gasteiger partial charge in [0.1, 0.15) is 5.75 Å². The summed E-state index contributed by atoms with van der Waals surface area (Å²) in [6.45, 7) is 3.63. The topological polar surface area (TPSA) is 20.2 Å². The number of phenolic OH excluding ortho intramolecular Hbond substituents is 1. The second-order valence-corrected chi connectivity index (χ2v) is 4.11. The predicted molar refractivity (Wildman–Crippen MR) is 82.1 cm³/mol. The third-order valence-corrected chi connectivity index (χ3v) is 2.80. The molecule has 1 N–H and O–H groups in total. The van der Waals surface area contributed by atoms with Gasteiger partial charge in [-0.15, -0.1) is 0 Å². The quantitative estimate of drug-likeness (QED) is 0.651. The summed E-state index contributed by atoms with van der Waals surface area (Å²) in [5, 5.41) is 11.4. The minimum absolute atomic E-state index is 0.350. The fraction of sp³-hybridized carbons (Fsp3) is 0. The van der Waals surface area contributed by atoms with Crippen molar-refractivity contribution in [1.82, 2.24) is 0 Å². The molecule has 3 aromatic carbocycles. The first-order chi connectivity index (χ1) is 9.31. The second-order valence-electron chi connectivity index (χ2n) is 4.11. The average Bonchev–Trinajstić information content (AvgIpc) is 2.49. The molecule has 0 aliphatic heterocycles. The van der Waals surface area contributed by atoms with E-state index < -0.39 is 0 Å². The van der Waals surface area contributed by atoms with Gasteiger partial charge in [0.2, 0.25) is 0 Å². The molecule has 0 bridgehead atoms. The van der Waals surface area contributed by atoms with Crippen LogP contribution < -0.4 is 0 Å². The fourth-order valence-corrected chi connectivity index (χ4v) is 1.80. The molecular weight excluding hydrogens is 232 g/mol. The molecule has 0 aliphatic rings. The Hall–Kier alpha value is -2.54. The second kappa shape index (κ2) is 6.41. The number of hydrogen-bond acceptors (Lipinski definition) is 1. The van der Waals surface area contributed by atoms with E-state index in [1.807, 2.05) is 72.8 Å². The van der Waals surface area contributed by atoms with Crippen LogP contribution >= 0.6 is 0 Å². The van der Waals surface area contributed by atoms with Crippen molar-refractivity contribution in [2.45, 2.75) is 0 Å². The number of hydrogen-bond donors (Lipinski definition) is 1. The lowest BCUT2D eigenvalue weighted by Crippen LogP contribution is -1.70. The Kier molecular flexibility index (Phi) is 4.35. The lowest BCUT2D eigenvalue weighted by Gasteiger charge is -1.97. The third-order valence-electron chi connectivity index (χ3n) is 2.80. The standard InChI is InChI=1S/C10H8O.C8H8/c11-10-7-3-5-8-4-1-2-6-9(8)10;1-2-8-6-4-3-5-7-8/h1-7,11H;2-7H,1H2. The largest absolute Gasteiger partial charge is 0.507 e. The molecule has 3 rings (SSSR count). The SMILES string of the molecule is C=Cc1ccccc1.Oc1cccc2ccccc12.